The molecule has 7 heteroatoms. The van der Waals surface area contributed by atoms with Gasteiger partial charge in [0.05, 0.1) is 10.9 Å². The number of aromatic amines is 1. The number of halogens is 1. The van der Waals surface area contributed by atoms with Crippen molar-refractivity contribution in [2.75, 3.05) is 11.4 Å². The van der Waals surface area contributed by atoms with Crippen LogP contribution in [0.15, 0.2) is 27.5 Å². The van der Waals surface area contributed by atoms with Crippen molar-refractivity contribution in [2.24, 2.45) is 5.92 Å². The molecule has 0 saturated carbocycles. The molecule has 136 valence electrons. The van der Waals surface area contributed by atoms with Crippen LogP contribution in [-0.2, 0) is 4.74 Å². The summed E-state index contributed by atoms with van der Waals surface area (Å²) in [6.07, 6.45) is 0.245. The molecule has 0 bridgehead atoms. The molecule has 1 aromatic heterocycles. The number of benzene rings is 1. The van der Waals surface area contributed by atoms with Gasteiger partial charge in [0.1, 0.15) is 5.60 Å². The zero-order chi connectivity index (χ0) is 18.8. The molecule has 1 aromatic carbocycles. The average Bonchev–Trinajstić information content (AvgIpc) is 2.46. The Kier molecular flexibility index (Phi) is 5.87. The molecule has 0 aliphatic rings. The lowest BCUT2D eigenvalue weighted by atomic mass is 10.1. The lowest BCUT2D eigenvalue weighted by Gasteiger charge is -2.27. The van der Waals surface area contributed by atoms with Crippen LogP contribution >= 0.6 is 15.9 Å². The lowest BCUT2D eigenvalue weighted by molar-refractivity contribution is 0.0576. The molecule has 6 nitrogen and oxygen atoms in total. The summed E-state index contributed by atoms with van der Waals surface area (Å²) in [5.74, 6) is 0.600. The number of nitrogens with zero attached hydrogens (tertiary/aromatic N) is 2. The number of rotatable bonds is 4. The molecule has 0 aliphatic heterocycles. The van der Waals surface area contributed by atoms with Gasteiger partial charge in [-0.3, -0.25) is 9.78 Å². The van der Waals surface area contributed by atoms with Gasteiger partial charge in [0, 0.05) is 11.0 Å². The third-order valence-corrected chi connectivity index (χ3v) is 3.95. The number of H-pyrrole nitrogens is 1. The molecule has 0 fully saturated rings. The average molecular weight is 410 g/mol. The van der Waals surface area contributed by atoms with Gasteiger partial charge in [-0.05, 0) is 51.3 Å². The molecule has 1 amide bonds. The highest BCUT2D eigenvalue weighted by atomic mass is 79.9. The number of carbonyl (C=O) groups is 1. The largest absolute Gasteiger partial charge is 0.443 e. The van der Waals surface area contributed by atoms with Crippen LogP contribution in [0.25, 0.3) is 10.9 Å². The molecule has 25 heavy (non-hydrogen) atoms. The summed E-state index contributed by atoms with van der Waals surface area (Å²) in [6, 6.07) is 5.26. The van der Waals surface area contributed by atoms with E-state index in [4.69, 9.17) is 4.74 Å². The Morgan fingerprint density at radius 1 is 1.36 bits per heavy atom. The first-order valence-corrected chi connectivity index (χ1v) is 9.06. The fourth-order valence-corrected chi connectivity index (χ4v) is 2.58. The maximum absolute atomic E-state index is 12.6. The monoisotopic (exact) mass is 409 g/mol. The first-order valence-electron chi connectivity index (χ1n) is 8.27. The van der Waals surface area contributed by atoms with Crippen molar-refractivity contribution in [2.45, 2.75) is 46.6 Å². The van der Waals surface area contributed by atoms with E-state index in [2.05, 4.69) is 39.7 Å². The van der Waals surface area contributed by atoms with Crippen LogP contribution in [0.4, 0.5) is 10.7 Å². The maximum atomic E-state index is 12.6. The Labute approximate surface area is 155 Å². The number of amides is 1. The van der Waals surface area contributed by atoms with E-state index in [1.54, 1.807) is 32.9 Å². The Morgan fingerprint density at radius 3 is 2.64 bits per heavy atom. The number of nitrogens with one attached hydrogen (secondary N) is 1. The van der Waals surface area contributed by atoms with Crippen LogP contribution < -0.4 is 10.5 Å². The van der Waals surface area contributed by atoms with Crippen molar-refractivity contribution in [3.05, 3.63) is 33.0 Å². The highest BCUT2D eigenvalue weighted by Crippen LogP contribution is 2.20. The molecule has 0 aliphatic carbocycles. The van der Waals surface area contributed by atoms with Crippen LogP contribution in [0.5, 0.6) is 0 Å². The van der Waals surface area contributed by atoms with E-state index in [1.165, 1.54) is 4.90 Å². The van der Waals surface area contributed by atoms with Crippen LogP contribution in [0.2, 0.25) is 0 Å². The normalized spacial score (nSPS) is 11.8. The highest BCUT2D eigenvalue weighted by Gasteiger charge is 2.25. The quantitative estimate of drug-likeness (QED) is 0.807. The van der Waals surface area contributed by atoms with E-state index in [1.807, 2.05) is 6.07 Å². The third-order valence-electron chi connectivity index (χ3n) is 3.45. The smallest absolute Gasteiger partial charge is 0.417 e. The molecule has 0 unspecified atom stereocenters. The van der Waals surface area contributed by atoms with E-state index < -0.39 is 11.7 Å². The third kappa shape index (κ3) is 5.29. The van der Waals surface area contributed by atoms with E-state index >= 15 is 0 Å². The van der Waals surface area contributed by atoms with Crippen molar-refractivity contribution in [3.63, 3.8) is 0 Å². The summed E-state index contributed by atoms with van der Waals surface area (Å²) in [5, 5.41) is 0.464. The summed E-state index contributed by atoms with van der Waals surface area (Å²) in [4.78, 5) is 33.6. The van der Waals surface area contributed by atoms with Gasteiger partial charge in [-0.15, -0.1) is 0 Å². The van der Waals surface area contributed by atoms with Crippen molar-refractivity contribution in [1.29, 1.82) is 0 Å². The zero-order valence-corrected chi connectivity index (χ0v) is 16.8. The van der Waals surface area contributed by atoms with E-state index in [0.29, 0.717) is 23.4 Å². The number of hydrogen-bond acceptors (Lipinski definition) is 4. The topological polar surface area (TPSA) is 75.3 Å². The number of aromatic nitrogens is 2. The number of carbonyl (C=O) groups excluding carboxylic acids is 1. The summed E-state index contributed by atoms with van der Waals surface area (Å²) in [6.45, 7) is 9.97. The van der Waals surface area contributed by atoms with E-state index in [-0.39, 0.29) is 11.5 Å². The van der Waals surface area contributed by atoms with Gasteiger partial charge in [-0.25, -0.2) is 14.7 Å². The molecule has 2 aromatic rings. The summed E-state index contributed by atoms with van der Waals surface area (Å²) in [5.41, 5.74) is -0.394. The molecule has 0 saturated heterocycles. The van der Waals surface area contributed by atoms with Gasteiger partial charge in [0.25, 0.3) is 5.56 Å². The Bertz CT molecular complexity index is 824. The molecule has 2 rings (SSSR count). The van der Waals surface area contributed by atoms with Crippen LogP contribution in [0, 0.1) is 5.92 Å². The van der Waals surface area contributed by atoms with Crippen LogP contribution in [0.3, 0.4) is 0 Å². The van der Waals surface area contributed by atoms with Gasteiger partial charge < -0.3 is 4.74 Å². The number of hydrogen-bond donors (Lipinski definition) is 1. The van der Waals surface area contributed by atoms with Crippen LogP contribution in [-0.4, -0.2) is 28.2 Å². The zero-order valence-electron chi connectivity index (χ0n) is 15.2. The van der Waals surface area contributed by atoms with Crippen molar-refractivity contribution < 1.29 is 9.53 Å². The maximum Gasteiger partial charge on any atom is 0.417 e. The molecule has 0 radical (unpaired) electrons. The van der Waals surface area contributed by atoms with Gasteiger partial charge in [-0.1, -0.05) is 29.8 Å². The Hall–Kier alpha value is -1.89. The van der Waals surface area contributed by atoms with Crippen molar-refractivity contribution in [1.82, 2.24) is 9.97 Å². The number of anilines is 1. The minimum atomic E-state index is -0.630. The minimum Gasteiger partial charge on any atom is -0.443 e. The summed E-state index contributed by atoms with van der Waals surface area (Å²) < 4.78 is 6.27. The van der Waals surface area contributed by atoms with Gasteiger partial charge >= 0.3 is 6.09 Å². The fourth-order valence-electron chi connectivity index (χ4n) is 2.21. The van der Waals surface area contributed by atoms with Crippen molar-refractivity contribution in [3.8, 4) is 0 Å². The standard InChI is InChI=1S/C18H24BrN3O3/c1-11(2)8-9-22(17(24)25-18(3,4)5)16-20-14-7-6-12(19)10-13(14)15(23)21-16/h6-7,10-11H,8-9H2,1-5H3,(H,20,21,23). The summed E-state index contributed by atoms with van der Waals surface area (Å²) >= 11 is 3.35. The van der Waals surface area contributed by atoms with Gasteiger partial charge in [-0.2, -0.15) is 0 Å². The lowest BCUT2D eigenvalue weighted by Crippen LogP contribution is -2.39. The Morgan fingerprint density at radius 2 is 2.04 bits per heavy atom. The van der Waals surface area contributed by atoms with Crippen LogP contribution in [0.1, 0.15) is 41.0 Å². The van der Waals surface area contributed by atoms with E-state index in [0.717, 1.165) is 10.9 Å². The molecule has 1 heterocycles. The van der Waals surface area contributed by atoms with Gasteiger partial charge in [0.2, 0.25) is 5.95 Å². The fraction of sp³-hybridized carbons (Fsp3) is 0.500. The second kappa shape index (κ2) is 7.56. The predicted molar refractivity (Wildman–Crippen MR) is 103 cm³/mol. The highest BCUT2D eigenvalue weighted by molar-refractivity contribution is 9.10. The first kappa shape index (κ1) is 19.4. The van der Waals surface area contributed by atoms with E-state index in [9.17, 15) is 9.59 Å². The molecular weight excluding hydrogens is 386 g/mol. The number of fused-ring (bicyclic) bond motifs is 1. The minimum absolute atomic E-state index is 0.203. The van der Waals surface area contributed by atoms with Gasteiger partial charge in [0.15, 0.2) is 0 Å². The molecule has 0 spiro atoms. The second-order valence-electron chi connectivity index (χ2n) is 7.37. The SMILES string of the molecule is CC(C)CCN(C(=O)OC(C)(C)C)c1nc2ccc(Br)cc2c(=O)[nH]1. The molecular formula is C18H24BrN3O3. The molecule has 1 N–H and O–H groups in total. The van der Waals surface area contributed by atoms with Crippen molar-refractivity contribution >= 4 is 38.9 Å². The second-order valence-corrected chi connectivity index (χ2v) is 8.28. The number of ether oxygens (including phenoxy) is 1. The summed E-state index contributed by atoms with van der Waals surface area (Å²) in [7, 11) is 0. The predicted octanol–water partition coefficient (Wildman–Crippen LogP) is 4.47. The Balaban J connectivity index is 2.45. The first-order chi connectivity index (χ1) is 11.6. The molecule has 0 atom stereocenters.